The number of carbonyl (C=O) groups excluding carboxylic acids is 1. The second kappa shape index (κ2) is 6.97. The lowest BCUT2D eigenvalue weighted by atomic mass is 10.1. The molecule has 0 spiro atoms. The third-order valence-electron chi connectivity index (χ3n) is 3.90. The highest BCUT2D eigenvalue weighted by atomic mass is 16.5. The Morgan fingerprint density at radius 2 is 1.56 bits per heavy atom. The van der Waals surface area contributed by atoms with E-state index in [-0.39, 0.29) is 5.91 Å². The smallest absolute Gasteiger partial charge is 0.269 e. The van der Waals surface area contributed by atoms with Crippen LogP contribution in [0.2, 0.25) is 0 Å². The van der Waals surface area contributed by atoms with Crippen LogP contribution in [0.5, 0.6) is 5.75 Å². The van der Waals surface area contributed by atoms with Crippen molar-refractivity contribution in [1.82, 2.24) is 10.9 Å². The number of fused-ring (bicyclic) bond motifs is 1. The highest BCUT2D eigenvalue weighted by Gasteiger charge is 2.06. The van der Waals surface area contributed by atoms with Gasteiger partial charge in [-0.05, 0) is 58.8 Å². The van der Waals surface area contributed by atoms with E-state index in [9.17, 15) is 4.79 Å². The molecule has 0 radical (unpaired) electrons. The van der Waals surface area contributed by atoms with Crippen molar-refractivity contribution in [2.24, 2.45) is 0 Å². The lowest BCUT2D eigenvalue weighted by molar-refractivity contribution is 0.0942. The molecule has 126 valence electrons. The minimum Gasteiger partial charge on any atom is -0.497 e. The van der Waals surface area contributed by atoms with Crippen LogP contribution in [0.15, 0.2) is 67.2 Å². The summed E-state index contributed by atoms with van der Waals surface area (Å²) in [5.74, 6) is 0.555. The molecule has 0 aromatic heterocycles. The molecule has 0 fully saturated rings. The average molecular weight is 333 g/mol. The van der Waals surface area contributed by atoms with Crippen LogP contribution in [-0.4, -0.2) is 13.0 Å². The van der Waals surface area contributed by atoms with Gasteiger partial charge in [-0.2, -0.15) is 0 Å². The highest BCUT2D eigenvalue weighted by Crippen LogP contribution is 2.23. The Kier molecular flexibility index (Phi) is 4.57. The summed E-state index contributed by atoms with van der Waals surface area (Å²) >= 11 is 0. The maximum atomic E-state index is 12.1. The molecule has 3 rings (SSSR count). The molecule has 4 N–H and O–H groups in total. The van der Waals surface area contributed by atoms with Crippen LogP contribution in [0, 0.1) is 0 Å². The third kappa shape index (κ3) is 3.72. The lowest BCUT2D eigenvalue weighted by Crippen LogP contribution is -2.35. The van der Waals surface area contributed by atoms with E-state index in [0.717, 1.165) is 22.1 Å². The summed E-state index contributed by atoms with van der Waals surface area (Å²) in [7, 11) is 1.64. The highest BCUT2D eigenvalue weighted by molar-refractivity contribution is 5.95. The molecule has 3 aromatic carbocycles. The third-order valence-corrected chi connectivity index (χ3v) is 3.90. The number of nitrogen functional groups attached to an aromatic ring is 1. The monoisotopic (exact) mass is 333 g/mol. The fraction of sp³-hybridized carbons (Fsp3) is 0.0500. The molecule has 0 saturated heterocycles. The van der Waals surface area contributed by atoms with E-state index in [2.05, 4.69) is 17.4 Å². The molecule has 0 aliphatic rings. The summed E-state index contributed by atoms with van der Waals surface area (Å²) in [6, 6.07) is 18.5. The minimum absolute atomic E-state index is 0.258. The van der Waals surface area contributed by atoms with Gasteiger partial charge in [-0.1, -0.05) is 24.8 Å². The minimum atomic E-state index is -0.258. The zero-order chi connectivity index (χ0) is 17.8. The van der Waals surface area contributed by atoms with Gasteiger partial charge in [-0.3, -0.25) is 15.6 Å². The molecule has 0 aliphatic carbocycles. The first-order valence-corrected chi connectivity index (χ1v) is 7.76. The van der Waals surface area contributed by atoms with Gasteiger partial charge in [0.2, 0.25) is 0 Å². The van der Waals surface area contributed by atoms with E-state index in [1.165, 1.54) is 0 Å². The standard InChI is InChI=1S/C20H19N3O2/c1-13(22-23-20(24)14-5-8-18(21)9-6-14)15-3-4-17-12-19(25-2)10-7-16(17)11-15/h3-12,22H,1,21H2,2H3,(H,23,24). The zero-order valence-corrected chi connectivity index (χ0v) is 13.9. The zero-order valence-electron chi connectivity index (χ0n) is 13.9. The first-order valence-electron chi connectivity index (χ1n) is 7.76. The van der Waals surface area contributed by atoms with Crippen LogP contribution in [0.1, 0.15) is 15.9 Å². The number of amides is 1. The van der Waals surface area contributed by atoms with Gasteiger partial charge >= 0.3 is 0 Å². The molecule has 0 aliphatic heterocycles. The normalized spacial score (nSPS) is 10.3. The van der Waals surface area contributed by atoms with Gasteiger partial charge in [0.05, 0.1) is 12.8 Å². The van der Waals surface area contributed by atoms with Crippen molar-refractivity contribution in [2.75, 3.05) is 12.8 Å². The lowest BCUT2D eigenvalue weighted by Gasteiger charge is -2.12. The Morgan fingerprint density at radius 3 is 2.28 bits per heavy atom. The van der Waals surface area contributed by atoms with Gasteiger partial charge in [0.1, 0.15) is 5.75 Å². The first-order chi connectivity index (χ1) is 12.1. The Hall–Kier alpha value is -3.47. The van der Waals surface area contributed by atoms with Gasteiger partial charge in [0.25, 0.3) is 5.91 Å². The van der Waals surface area contributed by atoms with Gasteiger partial charge in [0, 0.05) is 11.3 Å². The summed E-state index contributed by atoms with van der Waals surface area (Å²) < 4.78 is 5.23. The van der Waals surface area contributed by atoms with Crippen LogP contribution in [0.3, 0.4) is 0 Å². The van der Waals surface area contributed by atoms with E-state index < -0.39 is 0 Å². The molecule has 25 heavy (non-hydrogen) atoms. The van der Waals surface area contributed by atoms with Crippen LogP contribution in [0.25, 0.3) is 16.5 Å². The summed E-state index contributed by atoms with van der Waals surface area (Å²) in [6.45, 7) is 3.97. The fourth-order valence-electron chi connectivity index (χ4n) is 2.45. The second-order valence-corrected chi connectivity index (χ2v) is 5.61. The Balaban J connectivity index is 1.69. The van der Waals surface area contributed by atoms with Crippen LogP contribution < -0.4 is 21.3 Å². The summed E-state index contributed by atoms with van der Waals surface area (Å²) in [4.78, 5) is 12.1. The molecule has 0 bridgehead atoms. The van der Waals surface area contributed by atoms with Crippen molar-refractivity contribution in [3.8, 4) is 5.75 Å². The number of nitrogens with one attached hydrogen (secondary N) is 2. The number of ether oxygens (including phenoxy) is 1. The first kappa shape index (κ1) is 16.4. The molecular weight excluding hydrogens is 314 g/mol. The van der Waals surface area contributed by atoms with Crippen molar-refractivity contribution in [3.05, 3.63) is 78.4 Å². The number of hydrogen-bond donors (Lipinski definition) is 3. The second-order valence-electron chi connectivity index (χ2n) is 5.61. The van der Waals surface area contributed by atoms with Crippen molar-refractivity contribution in [2.45, 2.75) is 0 Å². The van der Waals surface area contributed by atoms with E-state index in [1.807, 2.05) is 36.4 Å². The number of nitrogens with two attached hydrogens (primary N) is 1. The van der Waals surface area contributed by atoms with Gasteiger partial charge < -0.3 is 10.5 Å². The molecule has 5 nitrogen and oxygen atoms in total. The quantitative estimate of drug-likeness (QED) is 0.494. The Labute approximate surface area is 146 Å². The summed E-state index contributed by atoms with van der Waals surface area (Å²) in [5.41, 5.74) is 13.7. The van der Waals surface area contributed by atoms with Crippen molar-refractivity contribution in [3.63, 3.8) is 0 Å². The summed E-state index contributed by atoms with van der Waals surface area (Å²) in [5, 5.41) is 2.13. The Morgan fingerprint density at radius 1 is 0.920 bits per heavy atom. The van der Waals surface area contributed by atoms with Gasteiger partial charge in [0.15, 0.2) is 0 Å². The van der Waals surface area contributed by atoms with Crippen LogP contribution in [-0.2, 0) is 0 Å². The fourth-order valence-corrected chi connectivity index (χ4v) is 2.45. The Bertz CT molecular complexity index is 933. The largest absolute Gasteiger partial charge is 0.497 e. The maximum Gasteiger partial charge on any atom is 0.269 e. The van der Waals surface area contributed by atoms with Gasteiger partial charge in [-0.25, -0.2) is 0 Å². The summed E-state index contributed by atoms with van der Waals surface area (Å²) in [6.07, 6.45) is 0. The van der Waals surface area contributed by atoms with Crippen LogP contribution >= 0.6 is 0 Å². The van der Waals surface area contributed by atoms with Gasteiger partial charge in [-0.15, -0.1) is 0 Å². The van der Waals surface area contributed by atoms with Crippen molar-refractivity contribution < 1.29 is 9.53 Å². The predicted molar refractivity (Wildman–Crippen MR) is 101 cm³/mol. The number of hydrogen-bond acceptors (Lipinski definition) is 4. The van der Waals surface area contributed by atoms with E-state index in [0.29, 0.717) is 16.9 Å². The van der Waals surface area contributed by atoms with E-state index in [4.69, 9.17) is 10.5 Å². The topological polar surface area (TPSA) is 76.4 Å². The molecule has 1 amide bonds. The van der Waals surface area contributed by atoms with Crippen molar-refractivity contribution >= 4 is 28.1 Å². The van der Waals surface area contributed by atoms with E-state index in [1.54, 1.807) is 31.4 Å². The molecule has 3 aromatic rings. The number of hydrazine groups is 1. The van der Waals surface area contributed by atoms with Crippen LogP contribution in [0.4, 0.5) is 5.69 Å². The predicted octanol–water partition coefficient (Wildman–Crippen LogP) is 3.34. The molecule has 0 unspecified atom stereocenters. The molecule has 0 heterocycles. The molecule has 5 heteroatoms. The molecular formula is C20H19N3O2. The SMILES string of the molecule is C=C(NNC(=O)c1ccc(N)cc1)c1ccc2cc(OC)ccc2c1. The number of anilines is 1. The number of carbonyl (C=O) groups is 1. The van der Waals surface area contributed by atoms with Crippen molar-refractivity contribution in [1.29, 1.82) is 0 Å². The molecule has 0 saturated carbocycles. The average Bonchev–Trinajstić information content (AvgIpc) is 2.65. The number of methoxy groups -OCH3 is 1. The molecule has 0 atom stereocenters. The maximum absolute atomic E-state index is 12.1. The number of rotatable bonds is 5. The van der Waals surface area contributed by atoms with E-state index >= 15 is 0 Å². The number of benzene rings is 3.